The molecule has 2 aliphatic heterocycles. The number of amides is 2. The van der Waals surface area contributed by atoms with Crippen molar-refractivity contribution in [2.24, 2.45) is 5.92 Å². The smallest absolute Gasteiger partial charge is 0.230 e. The molecule has 29 heavy (non-hydrogen) atoms. The minimum Gasteiger partial charge on any atom is -0.355 e. The van der Waals surface area contributed by atoms with Crippen molar-refractivity contribution in [1.29, 1.82) is 0 Å². The Hall–Kier alpha value is -2.71. The fourth-order valence-electron chi connectivity index (χ4n) is 4.27. The molecule has 4 heterocycles. The number of hydrogen-bond donors (Lipinski definition) is 1. The van der Waals surface area contributed by atoms with Crippen LogP contribution >= 0.6 is 0 Å². The van der Waals surface area contributed by atoms with Crippen LogP contribution in [0.25, 0.3) is 0 Å². The number of fused-ring (bicyclic) bond motifs is 1. The third-order valence-corrected chi connectivity index (χ3v) is 5.77. The summed E-state index contributed by atoms with van der Waals surface area (Å²) in [5, 5.41) is 6.84. The maximum Gasteiger partial charge on any atom is 0.230 e. The number of carbonyl (C=O) groups excluding carboxylic acids is 2. The Balaban J connectivity index is 1.23. The van der Waals surface area contributed by atoms with Crippen molar-refractivity contribution >= 4 is 11.8 Å². The van der Waals surface area contributed by atoms with Gasteiger partial charge < -0.3 is 19.3 Å². The summed E-state index contributed by atoms with van der Waals surface area (Å²) in [6.45, 7) is 6.67. The number of imidazole rings is 1. The molecule has 2 aromatic heterocycles. The minimum absolute atomic E-state index is 0.0492. The van der Waals surface area contributed by atoms with E-state index in [1.807, 2.05) is 18.0 Å². The van der Waals surface area contributed by atoms with E-state index >= 15 is 0 Å². The van der Waals surface area contributed by atoms with E-state index in [1.54, 1.807) is 6.92 Å². The first kappa shape index (κ1) is 19.6. The fraction of sp³-hybridized carbons (Fsp3) is 0.650. The van der Waals surface area contributed by atoms with Crippen LogP contribution in [-0.2, 0) is 22.6 Å². The second-order valence-electron chi connectivity index (χ2n) is 8.10. The lowest BCUT2D eigenvalue weighted by Gasteiger charge is -2.23. The van der Waals surface area contributed by atoms with Crippen LogP contribution in [-0.4, -0.2) is 56.0 Å². The molecule has 2 aliphatic rings. The average molecular weight is 400 g/mol. The fourth-order valence-corrected chi connectivity index (χ4v) is 4.27. The molecule has 1 unspecified atom stereocenters. The van der Waals surface area contributed by atoms with Gasteiger partial charge in [0.25, 0.3) is 0 Å². The summed E-state index contributed by atoms with van der Waals surface area (Å²) in [6.07, 6.45) is 5.59. The zero-order valence-corrected chi connectivity index (χ0v) is 17.1. The number of rotatable bonds is 6. The van der Waals surface area contributed by atoms with Gasteiger partial charge >= 0.3 is 0 Å². The van der Waals surface area contributed by atoms with E-state index in [4.69, 9.17) is 4.52 Å². The van der Waals surface area contributed by atoms with Gasteiger partial charge in [-0.1, -0.05) is 5.16 Å². The topological polar surface area (TPSA) is 106 Å². The number of aryl methyl sites for hydroxylation is 4. The third-order valence-electron chi connectivity index (χ3n) is 5.77. The van der Waals surface area contributed by atoms with Crippen molar-refractivity contribution in [2.45, 2.75) is 58.4 Å². The molecule has 0 aromatic carbocycles. The lowest BCUT2D eigenvalue weighted by atomic mass is 9.97. The summed E-state index contributed by atoms with van der Waals surface area (Å²) in [5.74, 6) is 2.23. The summed E-state index contributed by atoms with van der Waals surface area (Å²) in [6, 6.07) is 0. The Morgan fingerprint density at radius 3 is 2.90 bits per heavy atom. The Labute approximate surface area is 169 Å². The second-order valence-corrected chi connectivity index (χ2v) is 8.10. The molecular formula is C20H28N6O3. The number of nitrogens with one attached hydrogen (secondary N) is 1. The highest BCUT2D eigenvalue weighted by Gasteiger charge is 2.31. The van der Waals surface area contributed by atoms with Gasteiger partial charge in [0, 0.05) is 45.2 Å². The molecular weight excluding hydrogens is 372 g/mol. The first-order chi connectivity index (χ1) is 14.0. The minimum atomic E-state index is -0.172. The molecule has 9 nitrogen and oxygen atoms in total. The second kappa shape index (κ2) is 8.34. The van der Waals surface area contributed by atoms with E-state index in [1.165, 1.54) is 0 Å². The normalized spacial score (nSPS) is 21.2. The van der Waals surface area contributed by atoms with Crippen LogP contribution in [0, 0.1) is 19.8 Å². The SMILES string of the molecule is Cc1cn2c(n1)C(C(=O)NC[C@H]1CCN(C(=O)CCc3nc(C)no3)C1)CCC2. The molecule has 0 aliphatic carbocycles. The molecule has 1 fully saturated rings. The predicted octanol–water partition coefficient (Wildman–Crippen LogP) is 1.36. The standard InChI is InChI=1S/C20H28N6O3/c1-13-11-26-8-3-4-16(19(26)22-13)20(28)21-10-15-7-9-25(12-15)18(27)6-5-17-23-14(2)24-29-17/h11,15-16H,3-10,12H2,1-2H3,(H,21,28)/t15-,16?/m1/s1. The van der Waals surface area contributed by atoms with Crippen LogP contribution in [0.15, 0.2) is 10.7 Å². The quantitative estimate of drug-likeness (QED) is 0.785. The summed E-state index contributed by atoms with van der Waals surface area (Å²) < 4.78 is 7.16. The van der Waals surface area contributed by atoms with E-state index in [-0.39, 0.29) is 17.7 Å². The first-order valence-electron chi connectivity index (χ1n) is 10.4. The van der Waals surface area contributed by atoms with Crippen molar-refractivity contribution in [3.8, 4) is 0 Å². The van der Waals surface area contributed by atoms with Crippen molar-refractivity contribution in [2.75, 3.05) is 19.6 Å². The van der Waals surface area contributed by atoms with Crippen LogP contribution in [0.1, 0.15) is 54.8 Å². The first-order valence-corrected chi connectivity index (χ1v) is 10.4. The Bertz CT molecular complexity index is 889. The maximum atomic E-state index is 12.7. The summed E-state index contributed by atoms with van der Waals surface area (Å²) in [5.41, 5.74) is 0.959. The molecule has 0 saturated carbocycles. The van der Waals surface area contributed by atoms with Crippen molar-refractivity contribution in [3.05, 3.63) is 29.4 Å². The maximum absolute atomic E-state index is 12.7. The molecule has 1 saturated heterocycles. The average Bonchev–Trinajstić information content (AvgIpc) is 3.42. The van der Waals surface area contributed by atoms with E-state index in [0.29, 0.717) is 43.6 Å². The zero-order chi connectivity index (χ0) is 20.4. The molecule has 156 valence electrons. The molecule has 0 bridgehead atoms. The van der Waals surface area contributed by atoms with E-state index in [2.05, 4.69) is 25.0 Å². The van der Waals surface area contributed by atoms with Crippen molar-refractivity contribution in [1.82, 2.24) is 29.9 Å². The van der Waals surface area contributed by atoms with Crippen LogP contribution in [0.5, 0.6) is 0 Å². The summed E-state index contributed by atoms with van der Waals surface area (Å²) >= 11 is 0. The van der Waals surface area contributed by atoms with Crippen LogP contribution in [0.3, 0.4) is 0 Å². The summed E-state index contributed by atoms with van der Waals surface area (Å²) in [4.78, 5) is 35.7. The van der Waals surface area contributed by atoms with E-state index < -0.39 is 0 Å². The highest BCUT2D eigenvalue weighted by molar-refractivity contribution is 5.83. The number of likely N-dealkylation sites (tertiary alicyclic amines) is 1. The van der Waals surface area contributed by atoms with Crippen molar-refractivity contribution < 1.29 is 14.1 Å². The predicted molar refractivity (Wildman–Crippen MR) is 104 cm³/mol. The lowest BCUT2D eigenvalue weighted by Crippen LogP contribution is -2.37. The van der Waals surface area contributed by atoms with E-state index in [9.17, 15) is 9.59 Å². The third kappa shape index (κ3) is 4.49. The largest absolute Gasteiger partial charge is 0.355 e. The van der Waals surface area contributed by atoms with Gasteiger partial charge in [0.05, 0.1) is 11.6 Å². The van der Waals surface area contributed by atoms with Gasteiger partial charge in [-0.05, 0) is 39.0 Å². The number of nitrogens with zero attached hydrogens (tertiary/aromatic N) is 5. The van der Waals surface area contributed by atoms with Gasteiger partial charge in [0.1, 0.15) is 5.82 Å². The van der Waals surface area contributed by atoms with Crippen LogP contribution in [0.4, 0.5) is 0 Å². The Morgan fingerprint density at radius 2 is 2.10 bits per heavy atom. The van der Waals surface area contributed by atoms with Gasteiger partial charge in [-0.2, -0.15) is 4.98 Å². The molecule has 0 radical (unpaired) electrons. The van der Waals surface area contributed by atoms with Crippen LogP contribution in [0.2, 0.25) is 0 Å². The molecule has 2 aromatic rings. The highest BCUT2D eigenvalue weighted by Crippen LogP contribution is 2.27. The van der Waals surface area contributed by atoms with Gasteiger partial charge in [-0.25, -0.2) is 4.98 Å². The Morgan fingerprint density at radius 1 is 1.24 bits per heavy atom. The van der Waals surface area contributed by atoms with Gasteiger partial charge in [0.2, 0.25) is 17.7 Å². The lowest BCUT2D eigenvalue weighted by molar-refractivity contribution is -0.130. The number of aromatic nitrogens is 4. The molecule has 9 heteroatoms. The van der Waals surface area contributed by atoms with Gasteiger partial charge in [-0.15, -0.1) is 0 Å². The van der Waals surface area contributed by atoms with Gasteiger partial charge in [0.15, 0.2) is 5.82 Å². The van der Waals surface area contributed by atoms with Crippen LogP contribution < -0.4 is 5.32 Å². The van der Waals surface area contributed by atoms with E-state index in [0.717, 1.165) is 43.9 Å². The highest BCUT2D eigenvalue weighted by atomic mass is 16.5. The monoisotopic (exact) mass is 400 g/mol. The van der Waals surface area contributed by atoms with Gasteiger partial charge in [-0.3, -0.25) is 9.59 Å². The summed E-state index contributed by atoms with van der Waals surface area (Å²) in [7, 11) is 0. The van der Waals surface area contributed by atoms with Crippen molar-refractivity contribution in [3.63, 3.8) is 0 Å². The zero-order valence-electron chi connectivity index (χ0n) is 17.1. The Kier molecular flexibility index (Phi) is 5.64. The molecule has 4 rings (SSSR count). The molecule has 2 amide bonds. The molecule has 2 atom stereocenters. The number of carbonyl (C=O) groups is 2. The molecule has 0 spiro atoms. The molecule has 1 N–H and O–H groups in total. The number of hydrogen-bond acceptors (Lipinski definition) is 6.